The predicted octanol–water partition coefficient (Wildman–Crippen LogP) is 1.32. The third-order valence-corrected chi connectivity index (χ3v) is 4.68. The number of nitrogens with one attached hydrogen (secondary N) is 2. The van der Waals surface area contributed by atoms with Crippen LogP contribution in [0.2, 0.25) is 0 Å². The van der Waals surface area contributed by atoms with Gasteiger partial charge in [0, 0.05) is 38.7 Å². The third kappa shape index (κ3) is 4.28. The Morgan fingerprint density at radius 2 is 2.12 bits per heavy atom. The van der Waals surface area contributed by atoms with Gasteiger partial charge in [-0.3, -0.25) is 14.5 Å². The van der Waals surface area contributed by atoms with E-state index in [2.05, 4.69) is 20.5 Å². The van der Waals surface area contributed by atoms with Crippen LogP contribution in [-0.4, -0.2) is 61.1 Å². The van der Waals surface area contributed by atoms with E-state index in [0.717, 1.165) is 43.1 Å². The molecular formula is C16H20N4O3S. The van der Waals surface area contributed by atoms with E-state index in [1.54, 1.807) is 12.1 Å². The molecule has 128 valence electrons. The van der Waals surface area contributed by atoms with Crippen LogP contribution in [0.4, 0.5) is 5.13 Å². The quantitative estimate of drug-likeness (QED) is 0.851. The van der Waals surface area contributed by atoms with Crippen LogP contribution in [-0.2, 0) is 9.53 Å². The molecule has 2 aromatic rings. The second-order valence-electron chi connectivity index (χ2n) is 5.59. The highest BCUT2D eigenvalue weighted by Gasteiger charge is 2.12. The lowest BCUT2D eigenvalue weighted by atomic mass is 10.2. The second-order valence-corrected chi connectivity index (χ2v) is 6.62. The zero-order chi connectivity index (χ0) is 16.9. The number of nitrogens with zero attached hydrogens (tertiary/aromatic N) is 2. The summed E-state index contributed by atoms with van der Waals surface area (Å²) in [5.41, 5.74) is 1.37. The highest BCUT2D eigenvalue weighted by molar-refractivity contribution is 7.22. The number of thiazole rings is 1. The topological polar surface area (TPSA) is 83.6 Å². The van der Waals surface area contributed by atoms with Gasteiger partial charge in [-0.1, -0.05) is 11.3 Å². The zero-order valence-corrected chi connectivity index (χ0v) is 14.3. The normalized spacial score (nSPS) is 15.4. The molecule has 1 aliphatic heterocycles. The molecule has 0 atom stereocenters. The highest BCUT2D eigenvalue weighted by atomic mass is 32.1. The maximum absolute atomic E-state index is 12.3. The van der Waals surface area contributed by atoms with Crippen molar-refractivity contribution in [3.05, 3.63) is 23.8 Å². The van der Waals surface area contributed by atoms with Crippen LogP contribution < -0.4 is 10.6 Å². The SMILES string of the molecule is CC(=O)Nc1nc2ccc(C(=O)NCCN3CCOCC3)cc2s1. The average molecular weight is 348 g/mol. The largest absolute Gasteiger partial charge is 0.379 e. The number of aromatic nitrogens is 1. The van der Waals surface area contributed by atoms with Crippen molar-refractivity contribution < 1.29 is 14.3 Å². The van der Waals surface area contributed by atoms with Crippen LogP contribution in [0.1, 0.15) is 17.3 Å². The minimum Gasteiger partial charge on any atom is -0.379 e. The number of carbonyl (C=O) groups is 2. The van der Waals surface area contributed by atoms with E-state index in [9.17, 15) is 9.59 Å². The molecule has 1 saturated heterocycles. The van der Waals surface area contributed by atoms with Crippen molar-refractivity contribution in [2.45, 2.75) is 6.92 Å². The number of rotatable bonds is 5. The highest BCUT2D eigenvalue weighted by Crippen LogP contribution is 2.26. The summed E-state index contributed by atoms with van der Waals surface area (Å²) < 4.78 is 6.18. The molecule has 0 spiro atoms. The summed E-state index contributed by atoms with van der Waals surface area (Å²) in [5.74, 6) is -0.255. The van der Waals surface area contributed by atoms with E-state index in [1.165, 1.54) is 18.3 Å². The lowest BCUT2D eigenvalue weighted by Gasteiger charge is -2.26. The Labute approximate surface area is 144 Å². The zero-order valence-electron chi connectivity index (χ0n) is 13.5. The minimum absolute atomic E-state index is 0.0976. The van der Waals surface area contributed by atoms with Crippen LogP contribution in [0.25, 0.3) is 10.2 Å². The molecule has 2 heterocycles. The molecule has 8 heteroatoms. The average Bonchev–Trinajstić information content (AvgIpc) is 2.96. The Balaban J connectivity index is 1.58. The molecule has 1 aromatic carbocycles. The number of benzene rings is 1. The number of anilines is 1. The summed E-state index contributed by atoms with van der Waals surface area (Å²) in [6.45, 7) is 6.21. The molecule has 3 rings (SSSR count). The first kappa shape index (κ1) is 16.8. The van der Waals surface area contributed by atoms with Crippen LogP contribution >= 0.6 is 11.3 Å². The maximum atomic E-state index is 12.3. The Morgan fingerprint density at radius 1 is 1.33 bits per heavy atom. The van der Waals surface area contributed by atoms with E-state index in [-0.39, 0.29) is 11.8 Å². The molecular weight excluding hydrogens is 328 g/mol. The summed E-state index contributed by atoms with van der Waals surface area (Å²) in [6, 6.07) is 5.36. The molecule has 0 aliphatic carbocycles. The van der Waals surface area contributed by atoms with Crippen molar-refractivity contribution in [2.24, 2.45) is 0 Å². The molecule has 1 fully saturated rings. The number of amides is 2. The predicted molar refractivity (Wildman–Crippen MR) is 93.5 cm³/mol. The van der Waals surface area contributed by atoms with Crippen LogP contribution in [0.3, 0.4) is 0 Å². The molecule has 2 amide bonds. The molecule has 24 heavy (non-hydrogen) atoms. The minimum atomic E-state index is -0.157. The summed E-state index contributed by atoms with van der Waals surface area (Å²) >= 11 is 1.36. The van der Waals surface area contributed by atoms with Gasteiger partial charge in [0.2, 0.25) is 5.91 Å². The van der Waals surface area contributed by atoms with Gasteiger partial charge in [-0.05, 0) is 18.2 Å². The van der Waals surface area contributed by atoms with Crippen molar-refractivity contribution in [1.82, 2.24) is 15.2 Å². The Morgan fingerprint density at radius 3 is 2.88 bits per heavy atom. The second kappa shape index (κ2) is 7.69. The van der Waals surface area contributed by atoms with E-state index < -0.39 is 0 Å². The van der Waals surface area contributed by atoms with Gasteiger partial charge in [0.1, 0.15) is 0 Å². The van der Waals surface area contributed by atoms with Gasteiger partial charge >= 0.3 is 0 Å². The molecule has 0 saturated carbocycles. The molecule has 1 aliphatic rings. The number of fused-ring (bicyclic) bond motifs is 1. The fraction of sp³-hybridized carbons (Fsp3) is 0.438. The van der Waals surface area contributed by atoms with Crippen LogP contribution in [0, 0.1) is 0 Å². The fourth-order valence-electron chi connectivity index (χ4n) is 2.52. The van der Waals surface area contributed by atoms with Gasteiger partial charge in [0.15, 0.2) is 5.13 Å². The van der Waals surface area contributed by atoms with Crippen LogP contribution in [0.15, 0.2) is 18.2 Å². The lowest BCUT2D eigenvalue weighted by Crippen LogP contribution is -2.41. The van der Waals surface area contributed by atoms with Crippen molar-refractivity contribution in [1.29, 1.82) is 0 Å². The molecule has 0 bridgehead atoms. The summed E-state index contributed by atoms with van der Waals surface area (Å²) in [7, 11) is 0. The number of carbonyl (C=O) groups excluding carboxylic acids is 2. The van der Waals surface area contributed by atoms with Gasteiger partial charge < -0.3 is 15.4 Å². The Hall–Kier alpha value is -2.03. The number of morpholine rings is 1. The maximum Gasteiger partial charge on any atom is 0.251 e. The number of hydrogen-bond donors (Lipinski definition) is 2. The van der Waals surface area contributed by atoms with Crippen molar-refractivity contribution >= 4 is 38.5 Å². The van der Waals surface area contributed by atoms with Gasteiger partial charge in [0.25, 0.3) is 5.91 Å². The molecule has 0 radical (unpaired) electrons. The smallest absolute Gasteiger partial charge is 0.251 e. The fourth-order valence-corrected chi connectivity index (χ4v) is 3.48. The third-order valence-electron chi connectivity index (χ3n) is 3.75. The van der Waals surface area contributed by atoms with Gasteiger partial charge in [-0.15, -0.1) is 0 Å². The van der Waals surface area contributed by atoms with Gasteiger partial charge in [-0.2, -0.15) is 0 Å². The molecule has 7 nitrogen and oxygen atoms in total. The van der Waals surface area contributed by atoms with Gasteiger partial charge in [-0.25, -0.2) is 4.98 Å². The molecule has 2 N–H and O–H groups in total. The van der Waals surface area contributed by atoms with E-state index in [0.29, 0.717) is 17.2 Å². The van der Waals surface area contributed by atoms with E-state index in [1.807, 2.05) is 6.07 Å². The van der Waals surface area contributed by atoms with Gasteiger partial charge in [0.05, 0.1) is 23.4 Å². The standard InChI is InChI=1S/C16H20N4O3S/c1-11(21)18-16-19-13-3-2-12(10-14(13)24-16)15(22)17-4-5-20-6-8-23-9-7-20/h2-3,10H,4-9H2,1H3,(H,17,22)(H,18,19,21). The first-order chi connectivity index (χ1) is 11.6. The molecule has 1 aromatic heterocycles. The molecule has 0 unspecified atom stereocenters. The monoisotopic (exact) mass is 348 g/mol. The summed E-state index contributed by atoms with van der Waals surface area (Å²) in [6.07, 6.45) is 0. The van der Waals surface area contributed by atoms with E-state index in [4.69, 9.17) is 4.74 Å². The summed E-state index contributed by atoms with van der Waals surface area (Å²) in [5, 5.41) is 6.15. The first-order valence-corrected chi connectivity index (χ1v) is 8.70. The van der Waals surface area contributed by atoms with Crippen molar-refractivity contribution in [3.63, 3.8) is 0 Å². The van der Waals surface area contributed by atoms with E-state index >= 15 is 0 Å². The van der Waals surface area contributed by atoms with Crippen LogP contribution in [0.5, 0.6) is 0 Å². The summed E-state index contributed by atoms with van der Waals surface area (Å²) in [4.78, 5) is 30.0. The lowest BCUT2D eigenvalue weighted by molar-refractivity contribution is -0.114. The Bertz CT molecular complexity index is 740. The number of hydrogen-bond acceptors (Lipinski definition) is 6. The van der Waals surface area contributed by atoms with Crippen molar-refractivity contribution in [3.8, 4) is 0 Å². The Kier molecular flexibility index (Phi) is 5.39. The number of ether oxygens (including phenoxy) is 1. The van der Waals surface area contributed by atoms with Crippen molar-refractivity contribution in [2.75, 3.05) is 44.7 Å². The first-order valence-electron chi connectivity index (χ1n) is 7.88.